The lowest BCUT2D eigenvalue weighted by atomic mass is 10.0. The van der Waals surface area contributed by atoms with Gasteiger partial charge in [0.2, 0.25) is 0 Å². The number of fused-ring (bicyclic) bond motifs is 1. The maximum Gasteiger partial charge on any atom is 0.259 e. The number of amides is 1. The zero-order valence-corrected chi connectivity index (χ0v) is 16.6. The standard InChI is InChI=1S/C24H18N4O3/c1-15(16-9-11-25-12-10-16)26-23(29)18-14-19(20-8-5-13-30-20)27-24-21(18)22(28-31-24)17-6-3-2-4-7-17/h2-15H,1H3,(H,26,29)/t15-/m1/s1. The minimum Gasteiger partial charge on any atom is -0.463 e. The maximum absolute atomic E-state index is 13.4. The lowest BCUT2D eigenvalue weighted by molar-refractivity contribution is 0.0941. The van der Waals surface area contributed by atoms with E-state index in [1.165, 1.54) is 0 Å². The van der Waals surface area contributed by atoms with Crippen molar-refractivity contribution < 1.29 is 13.7 Å². The number of aromatic nitrogens is 3. The zero-order chi connectivity index (χ0) is 21.2. The van der Waals surface area contributed by atoms with E-state index in [4.69, 9.17) is 8.94 Å². The van der Waals surface area contributed by atoms with Crippen LogP contribution in [0.25, 0.3) is 33.8 Å². The highest BCUT2D eigenvalue weighted by Gasteiger charge is 2.23. The molecule has 0 aliphatic heterocycles. The first-order valence-corrected chi connectivity index (χ1v) is 9.81. The number of nitrogens with one attached hydrogen (secondary N) is 1. The van der Waals surface area contributed by atoms with Crippen molar-refractivity contribution in [1.82, 2.24) is 20.4 Å². The van der Waals surface area contributed by atoms with Gasteiger partial charge in [-0.25, -0.2) is 4.98 Å². The molecule has 0 spiro atoms. The number of benzene rings is 1. The van der Waals surface area contributed by atoms with Crippen LogP contribution in [-0.2, 0) is 0 Å². The van der Waals surface area contributed by atoms with E-state index in [0.717, 1.165) is 11.1 Å². The molecule has 5 rings (SSSR count). The third-order valence-electron chi connectivity index (χ3n) is 5.07. The van der Waals surface area contributed by atoms with Gasteiger partial charge < -0.3 is 14.3 Å². The second kappa shape index (κ2) is 7.87. The Morgan fingerprint density at radius 1 is 1.03 bits per heavy atom. The van der Waals surface area contributed by atoms with Crippen molar-refractivity contribution in [3.8, 4) is 22.7 Å². The minimum absolute atomic E-state index is 0.217. The molecule has 0 radical (unpaired) electrons. The molecule has 0 saturated heterocycles. The first-order chi connectivity index (χ1) is 15.2. The van der Waals surface area contributed by atoms with Gasteiger partial charge in [-0.15, -0.1) is 0 Å². The van der Waals surface area contributed by atoms with E-state index in [-0.39, 0.29) is 17.7 Å². The molecule has 0 aliphatic carbocycles. The number of hydrogen-bond acceptors (Lipinski definition) is 6. The summed E-state index contributed by atoms with van der Waals surface area (Å²) in [5, 5.41) is 7.82. The van der Waals surface area contributed by atoms with E-state index >= 15 is 0 Å². The fraction of sp³-hybridized carbons (Fsp3) is 0.0833. The van der Waals surface area contributed by atoms with Gasteiger partial charge in [0, 0.05) is 18.0 Å². The highest BCUT2D eigenvalue weighted by Crippen LogP contribution is 2.33. The van der Waals surface area contributed by atoms with Crippen molar-refractivity contribution in [2.75, 3.05) is 0 Å². The molecule has 1 amide bonds. The van der Waals surface area contributed by atoms with Crippen LogP contribution in [0.2, 0.25) is 0 Å². The Bertz CT molecular complexity index is 1330. The van der Waals surface area contributed by atoms with Gasteiger partial charge in [0.25, 0.3) is 11.6 Å². The summed E-state index contributed by atoms with van der Waals surface area (Å²) in [5.41, 5.74) is 3.54. The molecule has 1 atom stereocenters. The average molecular weight is 410 g/mol. The summed E-state index contributed by atoms with van der Waals surface area (Å²) in [5.74, 6) is 0.278. The number of carbonyl (C=O) groups excluding carboxylic acids is 1. The van der Waals surface area contributed by atoms with Gasteiger partial charge in [-0.05, 0) is 42.8 Å². The molecule has 0 aliphatic rings. The molecule has 4 aromatic heterocycles. The number of furan rings is 1. The van der Waals surface area contributed by atoms with Crippen LogP contribution in [0.1, 0.15) is 28.9 Å². The quantitative estimate of drug-likeness (QED) is 0.436. The Balaban J connectivity index is 1.63. The van der Waals surface area contributed by atoms with Crippen LogP contribution >= 0.6 is 0 Å². The first kappa shape index (κ1) is 18.7. The summed E-state index contributed by atoms with van der Waals surface area (Å²) >= 11 is 0. The Morgan fingerprint density at radius 3 is 2.58 bits per heavy atom. The second-order valence-corrected chi connectivity index (χ2v) is 7.09. The zero-order valence-electron chi connectivity index (χ0n) is 16.6. The van der Waals surface area contributed by atoms with Gasteiger partial charge >= 0.3 is 0 Å². The van der Waals surface area contributed by atoms with Crippen LogP contribution in [0.4, 0.5) is 0 Å². The van der Waals surface area contributed by atoms with Gasteiger partial charge in [-0.3, -0.25) is 9.78 Å². The summed E-state index contributed by atoms with van der Waals surface area (Å²) < 4.78 is 11.0. The van der Waals surface area contributed by atoms with Crippen molar-refractivity contribution in [2.24, 2.45) is 0 Å². The van der Waals surface area contributed by atoms with E-state index in [2.05, 4.69) is 20.4 Å². The van der Waals surface area contributed by atoms with Gasteiger partial charge in [0.1, 0.15) is 11.4 Å². The third-order valence-corrected chi connectivity index (χ3v) is 5.07. The van der Waals surface area contributed by atoms with Crippen molar-refractivity contribution in [1.29, 1.82) is 0 Å². The van der Waals surface area contributed by atoms with Gasteiger partial charge in [0.15, 0.2) is 5.76 Å². The molecule has 0 saturated carbocycles. The highest BCUT2D eigenvalue weighted by molar-refractivity contribution is 6.10. The van der Waals surface area contributed by atoms with Crippen LogP contribution < -0.4 is 5.32 Å². The third kappa shape index (κ3) is 3.57. The predicted molar refractivity (Wildman–Crippen MR) is 115 cm³/mol. The molecule has 5 aromatic rings. The molecular formula is C24H18N4O3. The monoisotopic (exact) mass is 410 g/mol. The lowest BCUT2D eigenvalue weighted by Gasteiger charge is -2.15. The Labute approximate surface area is 177 Å². The molecule has 152 valence electrons. The molecular weight excluding hydrogens is 392 g/mol. The number of carbonyl (C=O) groups is 1. The van der Waals surface area contributed by atoms with Gasteiger partial charge in [-0.1, -0.05) is 35.5 Å². The highest BCUT2D eigenvalue weighted by atomic mass is 16.5. The van der Waals surface area contributed by atoms with Crippen molar-refractivity contribution >= 4 is 17.0 Å². The van der Waals surface area contributed by atoms with E-state index in [9.17, 15) is 4.79 Å². The molecule has 0 unspecified atom stereocenters. The van der Waals surface area contributed by atoms with Crippen LogP contribution in [0.3, 0.4) is 0 Å². The molecule has 31 heavy (non-hydrogen) atoms. The van der Waals surface area contributed by atoms with Crippen LogP contribution in [0.5, 0.6) is 0 Å². The fourth-order valence-corrected chi connectivity index (χ4v) is 3.48. The molecule has 7 heteroatoms. The van der Waals surface area contributed by atoms with Gasteiger partial charge in [0.05, 0.1) is 23.3 Å². The maximum atomic E-state index is 13.4. The van der Waals surface area contributed by atoms with Gasteiger partial charge in [-0.2, -0.15) is 0 Å². The summed E-state index contributed by atoms with van der Waals surface area (Å²) in [7, 11) is 0. The summed E-state index contributed by atoms with van der Waals surface area (Å²) in [6.45, 7) is 1.92. The molecule has 0 fully saturated rings. The minimum atomic E-state index is -0.259. The van der Waals surface area contributed by atoms with Crippen molar-refractivity contribution in [3.63, 3.8) is 0 Å². The van der Waals surface area contributed by atoms with Crippen LogP contribution in [0.15, 0.2) is 88.3 Å². The van der Waals surface area contributed by atoms with E-state index < -0.39 is 0 Å². The molecule has 4 heterocycles. The second-order valence-electron chi connectivity index (χ2n) is 7.09. The smallest absolute Gasteiger partial charge is 0.259 e. The van der Waals surface area contributed by atoms with Crippen molar-refractivity contribution in [2.45, 2.75) is 13.0 Å². The lowest BCUT2D eigenvalue weighted by Crippen LogP contribution is -2.27. The van der Waals surface area contributed by atoms with E-state index in [1.54, 1.807) is 36.9 Å². The predicted octanol–water partition coefficient (Wildman–Crippen LogP) is 5.04. The SMILES string of the molecule is C[C@@H](NC(=O)c1cc(-c2ccco2)nc2onc(-c3ccccc3)c12)c1ccncc1. The van der Waals surface area contributed by atoms with Crippen LogP contribution in [-0.4, -0.2) is 21.0 Å². The summed E-state index contributed by atoms with van der Waals surface area (Å²) in [6.07, 6.45) is 4.96. The average Bonchev–Trinajstić information content (AvgIpc) is 3.50. The number of hydrogen-bond donors (Lipinski definition) is 1. The summed E-state index contributed by atoms with van der Waals surface area (Å²) in [6, 6.07) is 18.3. The number of rotatable bonds is 5. The Morgan fingerprint density at radius 2 is 1.84 bits per heavy atom. The van der Waals surface area contributed by atoms with E-state index in [1.807, 2.05) is 49.4 Å². The number of nitrogens with zero attached hydrogens (tertiary/aromatic N) is 3. The van der Waals surface area contributed by atoms with E-state index in [0.29, 0.717) is 28.1 Å². The first-order valence-electron chi connectivity index (χ1n) is 9.81. The van der Waals surface area contributed by atoms with Crippen LogP contribution in [0, 0.1) is 0 Å². The van der Waals surface area contributed by atoms with Crippen molar-refractivity contribution in [3.05, 3.63) is 90.4 Å². The molecule has 0 bridgehead atoms. The summed E-state index contributed by atoms with van der Waals surface area (Å²) in [4.78, 5) is 22.0. The topological polar surface area (TPSA) is 94.1 Å². The number of pyridine rings is 2. The normalized spacial score (nSPS) is 12.0. The fourth-order valence-electron chi connectivity index (χ4n) is 3.48. The molecule has 1 aromatic carbocycles. The Hall–Kier alpha value is -4.26. The molecule has 1 N–H and O–H groups in total. The molecule has 7 nitrogen and oxygen atoms in total. The largest absolute Gasteiger partial charge is 0.463 e. The Kier molecular flexibility index (Phi) is 4.76.